The van der Waals surface area contributed by atoms with E-state index in [4.69, 9.17) is 0 Å². The SMILES string of the molecule is Cc1cc(F)c(Br)cc1S(=O)(=O)N(C)C[C@@H](C)O. The summed E-state index contributed by atoms with van der Waals surface area (Å²) in [5, 5.41) is 9.23. The predicted octanol–water partition coefficient (Wildman–Crippen LogP) is 1.90. The average molecular weight is 340 g/mol. The van der Waals surface area contributed by atoms with Gasteiger partial charge < -0.3 is 5.11 Å². The molecule has 4 nitrogen and oxygen atoms in total. The zero-order chi connectivity index (χ0) is 14.1. The summed E-state index contributed by atoms with van der Waals surface area (Å²) in [7, 11) is -2.35. The van der Waals surface area contributed by atoms with Gasteiger partial charge in [-0.25, -0.2) is 12.8 Å². The van der Waals surface area contributed by atoms with Crippen LogP contribution in [0.3, 0.4) is 0 Å². The number of likely N-dealkylation sites (N-methyl/N-ethyl adjacent to an activating group) is 1. The average Bonchev–Trinajstić information content (AvgIpc) is 2.22. The molecule has 0 heterocycles. The van der Waals surface area contributed by atoms with Gasteiger partial charge in [0.1, 0.15) is 5.82 Å². The first-order valence-corrected chi connectivity index (χ1v) is 7.49. The lowest BCUT2D eigenvalue weighted by Crippen LogP contribution is -2.33. The molecule has 0 aromatic heterocycles. The van der Waals surface area contributed by atoms with Gasteiger partial charge in [0.05, 0.1) is 15.5 Å². The van der Waals surface area contributed by atoms with E-state index in [1.165, 1.54) is 27.0 Å². The highest BCUT2D eigenvalue weighted by atomic mass is 79.9. The van der Waals surface area contributed by atoms with Gasteiger partial charge >= 0.3 is 0 Å². The second-order valence-electron chi connectivity index (χ2n) is 4.17. The van der Waals surface area contributed by atoms with Gasteiger partial charge in [0.25, 0.3) is 0 Å². The smallest absolute Gasteiger partial charge is 0.243 e. The van der Waals surface area contributed by atoms with Crippen LogP contribution in [0.15, 0.2) is 21.5 Å². The molecule has 0 saturated carbocycles. The molecule has 0 saturated heterocycles. The van der Waals surface area contributed by atoms with Crippen LogP contribution in [0.5, 0.6) is 0 Å². The number of aliphatic hydroxyl groups excluding tert-OH is 1. The normalized spacial score (nSPS) is 13.9. The van der Waals surface area contributed by atoms with Crippen LogP contribution in [-0.2, 0) is 10.0 Å². The molecule has 102 valence electrons. The van der Waals surface area contributed by atoms with Crippen molar-refractivity contribution in [1.82, 2.24) is 4.31 Å². The third-order valence-electron chi connectivity index (χ3n) is 2.43. The lowest BCUT2D eigenvalue weighted by atomic mass is 10.2. The quantitative estimate of drug-likeness (QED) is 0.911. The molecule has 0 aliphatic carbocycles. The highest BCUT2D eigenvalue weighted by molar-refractivity contribution is 9.10. The minimum Gasteiger partial charge on any atom is -0.392 e. The Bertz CT molecular complexity index is 545. The van der Waals surface area contributed by atoms with E-state index in [1.807, 2.05) is 0 Å². The Kier molecular flexibility index (Phi) is 4.88. The van der Waals surface area contributed by atoms with Crippen LogP contribution < -0.4 is 0 Å². The van der Waals surface area contributed by atoms with Crippen molar-refractivity contribution in [1.29, 1.82) is 0 Å². The summed E-state index contributed by atoms with van der Waals surface area (Å²) in [6.07, 6.45) is -0.769. The van der Waals surface area contributed by atoms with Crippen LogP contribution in [0.4, 0.5) is 4.39 Å². The van der Waals surface area contributed by atoms with E-state index in [0.717, 1.165) is 10.4 Å². The molecule has 0 amide bonds. The molecule has 1 aromatic rings. The van der Waals surface area contributed by atoms with Gasteiger partial charge in [0, 0.05) is 13.6 Å². The first kappa shape index (κ1) is 15.6. The summed E-state index contributed by atoms with van der Waals surface area (Å²) in [6, 6.07) is 2.39. The number of aryl methyl sites for hydroxylation is 1. The largest absolute Gasteiger partial charge is 0.392 e. The highest BCUT2D eigenvalue weighted by Gasteiger charge is 2.24. The van der Waals surface area contributed by atoms with E-state index < -0.39 is 21.9 Å². The van der Waals surface area contributed by atoms with Crippen LogP contribution >= 0.6 is 15.9 Å². The number of rotatable bonds is 4. The Balaban J connectivity index is 3.24. The molecule has 0 unspecified atom stereocenters. The van der Waals surface area contributed by atoms with E-state index in [0.29, 0.717) is 5.56 Å². The number of aliphatic hydroxyl groups is 1. The van der Waals surface area contributed by atoms with Crippen molar-refractivity contribution in [2.75, 3.05) is 13.6 Å². The van der Waals surface area contributed by atoms with Gasteiger partial charge in [0.15, 0.2) is 0 Å². The van der Waals surface area contributed by atoms with Crippen molar-refractivity contribution < 1.29 is 17.9 Å². The molecule has 0 spiro atoms. The molecule has 0 aliphatic rings. The fourth-order valence-electron chi connectivity index (χ4n) is 1.54. The molecule has 1 N–H and O–H groups in total. The number of benzene rings is 1. The third-order valence-corrected chi connectivity index (χ3v) is 5.00. The lowest BCUT2D eigenvalue weighted by Gasteiger charge is -2.20. The van der Waals surface area contributed by atoms with Crippen molar-refractivity contribution in [3.8, 4) is 0 Å². The topological polar surface area (TPSA) is 57.6 Å². The molecule has 1 atom stereocenters. The van der Waals surface area contributed by atoms with E-state index in [1.54, 1.807) is 0 Å². The molecule has 0 radical (unpaired) electrons. The van der Waals surface area contributed by atoms with E-state index in [9.17, 15) is 17.9 Å². The Morgan fingerprint density at radius 3 is 2.56 bits per heavy atom. The van der Waals surface area contributed by atoms with Gasteiger partial charge in [-0.05, 0) is 47.5 Å². The summed E-state index contributed by atoms with van der Waals surface area (Å²) in [4.78, 5) is 0.0268. The number of hydrogen-bond acceptors (Lipinski definition) is 3. The maximum atomic E-state index is 13.3. The second-order valence-corrected chi connectivity index (χ2v) is 7.03. The molecular formula is C11H15BrFNO3S. The minimum atomic E-state index is -3.73. The molecule has 0 fully saturated rings. The van der Waals surface area contributed by atoms with Gasteiger partial charge in [-0.15, -0.1) is 0 Å². The predicted molar refractivity (Wildman–Crippen MR) is 70.3 cm³/mol. The van der Waals surface area contributed by atoms with Crippen LogP contribution in [0.25, 0.3) is 0 Å². The van der Waals surface area contributed by atoms with Gasteiger partial charge in [-0.3, -0.25) is 0 Å². The number of halogens is 2. The van der Waals surface area contributed by atoms with E-state index in [2.05, 4.69) is 15.9 Å². The van der Waals surface area contributed by atoms with Crippen molar-refractivity contribution in [3.05, 3.63) is 28.0 Å². The summed E-state index contributed by atoms with van der Waals surface area (Å²) in [6.45, 7) is 3.01. The summed E-state index contributed by atoms with van der Waals surface area (Å²) in [5.74, 6) is -0.510. The number of hydrogen-bond donors (Lipinski definition) is 1. The van der Waals surface area contributed by atoms with Gasteiger partial charge in [-0.2, -0.15) is 4.31 Å². The Morgan fingerprint density at radius 2 is 2.06 bits per heavy atom. The summed E-state index contributed by atoms with van der Waals surface area (Å²) < 4.78 is 38.9. The first-order valence-electron chi connectivity index (χ1n) is 5.26. The zero-order valence-corrected chi connectivity index (χ0v) is 12.7. The molecule has 7 heteroatoms. The molecule has 18 heavy (non-hydrogen) atoms. The van der Waals surface area contributed by atoms with E-state index >= 15 is 0 Å². The van der Waals surface area contributed by atoms with Gasteiger partial charge in [0.2, 0.25) is 10.0 Å². The van der Waals surface area contributed by atoms with Gasteiger partial charge in [-0.1, -0.05) is 0 Å². The van der Waals surface area contributed by atoms with Crippen molar-refractivity contribution in [2.45, 2.75) is 24.8 Å². The monoisotopic (exact) mass is 339 g/mol. The van der Waals surface area contributed by atoms with Crippen molar-refractivity contribution in [2.24, 2.45) is 0 Å². The highest BCUT2D eigenvalue weighted by Crippen LogP contribution is 2.25. The molecule has 1 aromatic carbocycles. The second kappa shape index (κ2) is 5.64. The van der Waals surface area contributed by atoms with Crippen LogP contribution in [-0.4, -0.2) is 37.5 Å². The van der Waals surface area contributed by atoms with Crippen LogP contribution in [0.2, 0.25) is 0 Å². The molecule has 1 rings (SSSR count). The first-order chi connectivity index (χ1) is 8.16. The maximum absolute atomic E-state index is 13.3. The molecular weight excluding hydrogens is 325 g/mol. The maximum Gasteiger partial charge on any atom is 0.243 e. The van der Waals surface area contributed by atoms with Crippen molar-refractivity contribution in [3.63, 3.8) is 0 Å². The lowest BCUT2D eigenvalue weighted by molar-refractivity contribution is 0.171. The molecule has 0 bridgehead atoms. The third kappa shape index (κ3) is 3.28. The fourth-order valence-corrected chi connectivity index (χ4v) is 3.52. The standard InChI is InChI=1S/C11H15BrFNO3S/c1-7-4-10(13)9(12)5-11(7)18(16,17)14(3)6-8(2)15/h4-5,8,15H,6H2,1-3H3/t8-/m1/s1. The zero-order valence-electron chi connectivity index (χ0n) is 10.3. The number of nitrogens with zero attached hydrogens (tertiary/aromatic N) is 1. The fraction of sp³-hybridized carbons (Fsp3) is 0.455. The van der Waals surface area contributed by atoms with Crippen LogP contribution in [0.1, 0.15) is 12.5 Å². The van der Waals surface area contributed by atoms with E-state index in [-0.39, 0.29) is 15.9 Å². The summed E-state index contributed by atoms with van der Waals surface area (Å²) in [5.41, 5.74) is 0.327. The molecule has 0 aliphatic heterocycles. The Labute approximate surface area is 115 Å². The Morgan fingerprint density at radius 1 is 1.50 bits per heavy atom. The Hall–Kier alpha value is -0.500. The van der Waals surface area contributed by atoms with Crippen molar-refractivity contribution >= 4 is 26.0 Å². The van der Waals surface area contributed by atoms with Crippen LogP contribution in [0, 0.1) is 12.7 Å². The minimum absolute atomic E-state index is 0.0171. The number of sulfonamides is 1. The summed E-state index contributed by atoms with van der Waals surface area (Å²) >= 11 is 2.97.